The van der Waals surface area contributed by atoms with E-state index in [-0.39, 0.29) is 18.1 Å². The summed E-state index contributed by atoms with van der Waals surface area (Å²) in [5.41, 5.74) is 1.87. The Bertz CT molecular complexity index is 972. The van der Waals surface area contributed by atoms with Crippen LogP contribution in [0, 0.1) is 13.8 Å². The van der Waals surface area contributed by atoms with E-state index in [1.165, 1.54) is 6.20 Å². The van der Waals surface area contributed by atoms with E-state index in [0.717, 1.165) is 21.8 Å². The molecule has 2 aromatic heterocycles. The van der Waals surface area contributed by atoms with Gasteiger partial charge in [-0.15, -0.1) is 0 Å². The fourth-order valence-corrected chi connectivity index (χ4v) is 3.24. The lowest BCUT2D eigenvalue weighted by Crippen LogP contribution is -2.36. The molecule has 0 saturated heterocycles. The second-order valence-electron chi connectivity index (χ2n) is 6.81. The summed E-state index contributed by atoms with van der Waals surface area (Å²) in [5, 5.41) is 3.19. The highest BCUT2D eigenvalue weighted by Crippen LogP contribution is 2.33. The number of nitrogens with one attached hydrogen (secondary N) is 1. The molecule has 4 nitrogen and oxygen atoms in total. The average molecular weight is 375 g/mol. The molecule has 1 amide bonds. The molecule has 1 aromatic carbocycles. The second-order valence-corrected chi connectivity index (χ2v) is 6.81. The van der Waals surface area contributed by atoms with E-state index in [0.29, 0.717) is 10.9 Å². The molecule has 1 N–H and O–H groups in total. The number of nitrogens with zero attached hydrogens (tertiary/aromatic N) is 2. The van der Waals surface area contributed by atoms with Crippen molar-refractivity contribution < 1.29 is 18.0 Å². The van der Waals surface area contributed by atoms with Crippen molar-refractivity contribution in [2.24, 2.45) is 0 Å². The molecule has 0 radical (unpaired) electrons. The number of hydrogen-bond acceptors (Lipinski definition) is 2. The number of fused-ring (bicyclic) bond motifs is 1. The van der Waals surface area contributed by atoms with Gasteiger partial charge in [0.1, 0.15) is 11.3 Å². The molecule has 7 heteroatoms. The van der Waals surface area contributed by atoms with Gasteiger partial charge in [0.25, 0.3) is 5.91 Å². The summed E-state index contributed by atoms with van der Waals surface area (Å²) in [4.78, 5) is 16.6. The molecule has 142 valence electrons. The third-order valence-corrected chi connectivity index (χ3v) is 4.26. The van der Waals surface area contributed by atoms with Crippen molar-refractivity contribution in [1.82, 2.24) is 14.9 Å². The van der Waals surface area contributed by atoms with E-state index >= 15 is 0 Å². The highest BCUT2D eigenvalue weighted by Gasteiger charge is 2.36. The number of halogens is 3. The Hall–Kier alpha value is -2.83. The standard InChI is InChI=1S/C20H20F3N3O/c1-12-7-13(2)9-16(8-12)19(27)25-14(3)11-26-17(20(21,22)23)10-15-5-4-6-24-18(15)26/h4-10,14H,11H2,1-3H3,(H,25,27)/t14-/m1/s1. The summed E-state index contributed by atoms with van der Waals surface area (Å²) in [6, 6.07) is 9.21. The molecule has 2 heterocycles. The highest BCUT2D eigenvalue weighted by atomic mass is 19.4. The van der Waals surface area contributed by atoms with Crippen molar-refractivity contribution in [2.75, 3.05) is 0 Å². The summed E-state index contributed by atoms with van der Waals surface area (Å²) in [7, 11) is 0. The Morgan fingerprint density at radius 1 is 1.19 bits per heavy atom. The van der Waals surface area contributed by atoms with Crippen LogP contribution in [-0.2, 0) is 12.7 Å². The number of carbonyl (C=O) groups is 1. The third kappa shape index (κ3) is 4.13. The third-order valence-electron chi connectivity index (χ3n) is 4.26. The van der Waals surface area contributed by atoms with Crippen LogP contribution in [0.5, 0.6) is 0 Å². The zero-order chi connectivity index (χ0) is 19.8. The Balaban J connectivity index is 1.85. The van der Waals surface area contributed by atoms with Gasteiger partial charge in [0.15, 0.2) is 0 Å². The number of hydrogen-bond donors (Lipinski definition) is 1. The molecule has 1 atom stereocenters. The number of carbonyl (C=O) groups excluding carboxylic acids is 1. The average Bonchev–Trinajstić information content (AvgIpc) is 2.93. The first-order chi connectivity index (χ1) is 12.6. The number of rotatable bonds is 4. The number of benzene rings is 1. The van der Waals surface area contributed by atoms with Crippen LogP contribution in [-0.4, -0.2) is 21.5 Å². The summed E-state index contributed by atoms with van der Waals surface area (Å²) >= 11 is 0. The van der Waals surface area contributed by atoms with Crippen LogP contribution in [0.25, 0.3) is 11.0 Å². The molecule has 27 heavy (non-hydrogen) atoms. The number of amides is 1. The molecule has 3 rings (SSSR count). The zero-order valence-corrected chi connectivity index (χ0v) is 15.3. The largest absolute Gasteiger partial charge is 0.431 e. The maximum absolute atomic E-state index is 13.4. The van der Waals surface area contributed by atoms with Crippen LogP contribution >= 0.6 is 0 Å². The van der Waals surface area contributed by atoms with Crippen molar-refractivity contribution in [3.05, 3.63) is 65.0 Å². The van der Waals surface area contributed by atoms with Gasteiger partial charge in [-0.05, 0) is 51.1 Å². The first kappa shape index (κ1) is 18.9. The topological polar surface area (TPSA) is 46.9 Å². The van der Waals surface area contributed by atoms with Gasteiger partial charge in [0.2, 0.25) is 0 Å². The number of pyridine rings is 1. The van der Waals surface area contributed by atoms with Crippen molar-refractivity contribution in [1.29, 1.82) is 0 Å². The molecule has 3 aromatic rings. The molecule has 0 aliphatic rings. The lowest BCUT2D eigenvalue weighted by molar-refractivity contribution is -0.143. The van der Waals surface area contributed by atoms with Gasteiger partial charge in [-0.3, -0.25) is 4.79 Å². The van der Waals surface area contributed by atoms with E-state index in [2.05, 4.69) is 10.3 Å². The van der Waals surface area contributed by atoms with Crippen molar-refractivity contribution in [3.8, 4) is 0 Å². The summed E-state index contributed by atoms with van der Waals surface area (Å²) < 4.78 is 41.4. The molecule has 0 spiro atoms. The molecule has 0 aliphatic heterocycles. The number of aryl methyl sites for hydroxylation is 2. The van der Waals surface area contributed by atoms with Crippen LogP contribution in [0.1, 0.15) is 34.1 Å². The highest BCUT2D eigenvalue weighted by molar-refractivity contribution is 5.94. The van der Waals surface area contributed by atoms with E-state index < -0.39 is 17.9 Å². The molecule has 0 fully saturated rings. The Morgan fingerprint density at radius 3 is 2.48 bits per heavy atom. The van der Waals surface area contributed by atoms with Gasteiger partial charge in [-0.1, -0.05) is 17.2 Å². The molecular formula is C20H20F3N3O. The molecular weight excluding hydrogens is 355 g/mol. The minimum Gasteiger partial charge on any atom is -0.348 e. The maximum atomic E-state index is 13.4. The Kier molecular flexibility index (Phi) is 4.95. The second kappa shape index (κ2) is 7.06. The fourth-order valence-electron chi connectivity index (χ4n) is 3.24. The Labute approximate surface area is 155 Å². The van der Waals surface area contributed by atoms with Gasteiger partial charge < -0.3 is 9.88 Å². The molecule has 0 aliphatic carbocycles. The van der Waals surface area contributed by atoms with Crippen LogP contribution in [0.4, 0.5) is 13.2 Å². The van der Waals surface area contributed by atoms with Crippen LogP contribution < -0.4 is 5.32 Å². The summed E-state index contributed by atoms with van der Waals surface area (Å²) in [5.74, 6) is -0.313. The lowest BCUT2D eigenvalue weighted by atomic mass is 10.1. The van der Waals surface area contributed by atoms with Crippen LogP contribution in [0.3, 0.4) is 0 Å². The summed E-state index contributed by atoms with van der Waals surface area (Å²) in [6.07, 6.45) is -3.05. The normalized spacial score (nSPS) is 13.0. The van der Waals surface area contributed by atoms with E-state index in [1.807, 2.05) is 19.9 Å². The minimum atomic E-state index is -4.50. The number of alkyl halides is 3. The SMILES string of the molecule is Cc1cc(C)cc(C(=O)N[C@H](C)Cn2c(C(F)(F)F)cc3cccnc32)c1. The van der Waals surface area contributed by atoms with Crippen molar-refractivity contribution >= 4 is 16.9 Å². The quantitative estimate of drug-likeness (QED) is 0.730. The Morgan fingerprint density at radius 2 is 1.85 bits per heavy atom. The first-order valence-corrected chi connectivity index (χ1v) is 8.56. The zero-order valence-electron chi connectivity index (χ0n) is 15.3. The van der Waals surface area contributed by atoms with Gasteiger partial charge >= 0.3 is 6.18 Å². The smallest absolute Gasteiger partial charge is 0.348 e. The molecule has 0 bridgehead atoms. The van der Waals surface area contributed by atoms with Gasteiger partial charge in [0.05, 0.1) is 0 Å². The minimum absolute atomic E-state index is 0.0358. The van der Waals surface area contributed by atoms with Gasteiger partial charge in [-0.2, -0.15) is 13.2 Å². The number of aromatic nitrogens is 2. The van der Waals surface area contributed by atoms with Gasteiger partial charge in [-0.25, -0.2) is 4.98 Å². The summed E-state index contributed by atoms with van der Waals surface area (Å²) in [6.45, 7) is 5.42. The van der Waals surface area contributed by atoms with Crippen LogP contribution in [0.2, 0.25) is 0 Å². The lowest BCUT2D eigenvalue weighted by Gasteiger charge is -2.19. The van der Waals surface area contributed by atoms with E-state index in [4.69, 9.17) is 0 Å². The maximum Gasteiger partial charge on any atom is 0.431 e. The van der Waals surface area contributed by atoms with E-state index in [1.54, 1.807) is 31.2 Å². The van der Waals surface area contributed by atoms with Gasteiger partial charge in [0, 0.05) is 29.7 Å². The molecule has 0 saturated carbocycles. The fraction of sp³-hybridized carbons (Fsp3) is 0.300. The van der Waals surface area contributed by atoms with Crippen molar-refractivity contribution in [2.45, 2.75) is 39.5 Å². The molecule has 0 unspecified atom stereocenters. The first-order valence-electron chi connectivity index (χ1n) is 8.56. The van der Waals surface area contributed by atoms with E-state index in [9.17, 15) is 18.0 Å². The monoisotopic (exact) mass is 375 g/mol. The predicted octanol–water partition coefficient (Wildman–Crippen LogP) is 4.49. The predicted molar refractivity (Wildman–Crippen MR) is 97.6 cm³/mol. The van der Waals surface area contributed by atoms with Crippen molar-refractivity contribution in [3.63, 3.8) is 0 Å². The van der Waals surface area contributed by atoms with Crippen LogP contribution in [0.15, 0.2) is 42.6 Å².